The Morgan fingerprint density at radius 1 is 1.63 bits per heavy atom. The Kier molecular flexibility index (Phi) is 4.76. The van der Waals surface area contributed by atoms with E-state index in [1.54, 1.807) is 19.6 Å². The Labute approximate surface area is 120 Å². The number of hydrogen-bond donors (Lipinski definition) is 2. The molecule has 2 rings (SSSR count). The number of hydrazine groups is 1. The predicted molar refractivity (Wildman–Crippen MR) is 74.4 cm³/mol. The van der Waals surface area contributed by atoms with Crippen LogP contribution < -0.4 is 11.3 Å². The summed E-state index contributed by atoms with van der Waals surface area (Å²) < 4.78 is 13.2. The van der Waals surface area contributed by atoms with Gasteiger partial charge in [0.25, 0.3) is 0 Å². The maximum atomic E-state index is 5.69. The molecule has 19 heavy (non-hydrogen) atoms. The highest BCUT2D eigenvalue weighted by Crippen LogP contribution is 2.29. The van der Waals surface area contributed by atoms with Crippen molar-refractivity contribution in [3.8, 4) is 0 Å². The number of rotatable bonds is 6. The zero-order valence-electron chi connectivity index (χ0n) is 10.9. The maximum Gasteiger partial charge on any atom is 0.101 e. The molecule has 1 unspecified atom stereocenters. The standard InChI is InChI=1S/C12H17BrN4O2/c1-8-5-9(7-19-8)11(16-14)12-10(13)6-15-17(12)3-4-18-2/h5-7,11,16H,3-4,14H2,1-2H3. The van der Waals surface area contributed by atoms with E-state index in [1.165, 1.54) is 0 Å². The minimum Gasteiger partial charge on any atom is -0.469 e. The van der Waals surface area contributed by atoms with E-state index in [0.29, 0.717) is 13.2 Å². The van der Waals surface area contributed by atoms with Crippen molar-refractivity contribution in [2.24, 2.45) is 5.84 Å². The number of aryl methyl sites for hydroxylation is 1. The summed E-state index contributed by atoms with van der Waals surface area (Å²) in [7, 11) is 1.66. The molecule has 0 aliphatic carbocycles. The van der Waals surface area contributed by atoms with Crippen LogP contribution in [0, 0.1) is 6.92 Å². The fraction of sp³-hybridized carbons (Fsp3) is 0.417. The van der Waals surface area contributed by atoms with Crippen LogP contribution in [-0.4, -0.2) is 23.5 Å². The molecule has 0 radical (unpaired) electrons. The third kappa shape index (κ3) is 3.06. The normalized spacial score (nSPS) is 12.8. The lowest BCUT2D eigenvalue weighted by atomic mass is 10.1. The number of hydrogen-bond acceptors (Lipinski definition) is 5. The molecule has 0 aromatic carbocycles. The number of furan rings is 1. The van der Waals surface area contributed by atoms with Gasteiger partial charge < -0.3 is 9.15 Å². The first-order valence-corrected chi connectivity index (χ1v) is 6.68. The topological polar surface area (TPSA) is 78.2 Å². The summed E-state index contributed by atoms with van der Waals surface area (Å²) in [6, 6.07) is 1.76. The van der Waals surface area contributed by atoms with Crippen LogP contribution in [-0.2, 0) is 11.3 Å². The molecular weight excluding hydrogens is 312 g/mol. The first kappa shape index (κ1) is 14.3. The summed E-state index contributed by atoms with van der Waals surface area (Å²) in [6.45, 7) is 3.14. The van der Waals surface area contributed by atoms with Crippen LogP contribution in [0.15, 0.2) is 27.4 Å². The quantitative estimate of drug-likeness (QED) is 0.624. The molecule has 7 heteroatoms. The minimum atomic E-state index is -0.189. The van der Waals surface area contributed by atoms with E-state index >= 15 is 0 Å². The van der Waals surface area contributed by atoms with Crippen LogP contribution in [0.1, 0.15) is 23.1 Å². The van der Waals surface area contributed by atoms with Gasteiger partial charge in [-0.3, -0.25) is 10.5 Å². The Morgan fingerprint density at radius 3 is 3.00 bits per heavy atom. The van der Waals surface area contributed by atoms with E-state index in [9.17, 15) is 0 Å². The first-order valence-electron chi connectivity index (χ1n) is 5.88. The maximum absolute atomic E-state index is 5.69. The van der Waals surface area contributed by atoms with Gasteiger partial charge >= 0.3 is 0 Å². The molecule has 104 valence electrons. The summed E-state index contributed by atoms with van der Waals surface area (Å²) in [5, 5.41) is 4.32. The lowest BCUT2D eigenvalue weighted by Gasteiger charge is -2.17. The average Bonchev–Trinajstić information content (AvgIpc) is 2.97. The first-order chi connectivity index (χ1) is 9.17. The third-order valence-corrected chi connectivity index (χ3v) is 3.48. The fourth-order valence-electron chi connectivity index (χ4n) is 1.96. The number of aromatic nitrogens is 2. The number of nitrogens with zero attached hydrogens (tertiary/aromatic N) is 2. The van der Waals surface area contributed by atoms with Crippen molar-refractivity contribution in [2.75, 3.05) is 13.7 Å². The van der Waals surface area contributed by atoms with E-state index in [-0.39, 0.29) is 6.04 Å². The van der Waals surface area contributed by atoms with Gasteiger partial charge in [0, 0.05) is 12.7 Å². The zero-order valence-corrected chi connectivity index (χ0v) is 12.5. The average molecular weight is 329 g/mol. The van der Waals surface area contributed by atoms with Gasteiger partial charge in [0.1, 0.15) is 5.76 Å². The van der Waals surface area contributed by atoms with E-state index in [4.69, 9.17) is 15.0 Å². The highest BCUT2D eigenvalue weighted by molar-refractivity contribution is 9.10. The largest absolute Gasteiger partial charge is 0.469 e. The number of halogens is 1. The number of ether oxygens (including phenoxy) is 1. The van der Waals surface area contributed by atoms with E-state index in [0.717, 1.165) is 21.5 Å². The van der Waals surface area contributed by atoms with Crippen molar-refractivity contribution >= 4 is 15.9 Å². The molecule has 0 spiro atoms. The molecule has 0 aliphatic heterocycles. The third-order valence-electron chi connectivity index (χ3n) is 2.86. The molecule has 0 fully saturated rings. The summed E-state index contributed by atoms with van der Waals surface area (Å²) >= 11 is 3.50. The SMILES string of the molecule is COCCn1ncc(Br)c1C(NN)c1coc(C)c1. The predicted octanol–water partition coefficient (Wildman–Crippen LogP) is 1.75. The smallest absolute Gasteiger partial charge is 0.101 e. The molecule has 2 aromatic heterocycles. The lowest BCUT2D eigenvalue weighted by Crippen LogP contribution is -2.31. The number of nitrogens with two attached hydrogens (primary N) is 1. The van der Waals surface area contributed by atoms with Crippen LogP contribution in [0.3, 0.4) is 0 Å². The van der Waals surface area contributed by atoms with E-state index in [2.05, 4.69) is 26.5 Å². The Balaban J connectivity index is 2.34. The van der Waals surface area contributed by atoms with Gasteiger partial charge in [0.15, 0.2) is 0 Å². The zero-order chi connectivity index (χ0) is 13.8. The van der Waals surface area contributed by atoms with Crippen LogP contribution in [0.25, 0.3) is 0 Å². The molecule has 0 amide bonds. The van der Waals surface area contributed by atoms with Gasteiger partial charge in [-0.2, -0.15) is 5.10 Å². The van der Waals surface area contributed by atoms with Crippen LogP contribution in [0.2, 0.25) is 0 Å². The van der Waals surface area contributed by atoms with Gasteiger partial charge in [0.05, 0.1) is 41.8 Å². The molecule has 2 heterocycles. The second kappa shape index (κ2) is 6.33. The van der Waals surface area contributed by atoms with Gasteiger partial charge in [-0.1, -0.05) is 0 Å². The second-order valence-electron chi connectivity index (χ2n) is 4.18. The van der Waals surface area contributed by atoms with Gasteiger partial charge in [-0.15, -0.1) is 0 Å². The summed E-state index contributed by atoms with van der Waals surface area (Å²) in [4.78, 5) is 0. The van der Waals surface area contributed by atoms with Crippen molar-refractivity contribution in [3.63, 3.8) is 0 Å². The number of methoxy groups -OCH3 is 1. The van der Waals surface area contributed by atoms with E-state index < -0.39 is 0 Å². The van der Waals surface area contributed by atoms with Crippen LogP contribution in [0.5, 0.6) is 0 Å². The van der Waals surface area contributed by atoms with Crippen LogP contribution >= 0.6 is 15.9 Å². The second-order valence-corrected chi connectivity index (χ2v) is 5.04. The van der Waals surface area contributed by atoms with E-state index in [1.807, 2.05) is 17.7 Å². The number of nitrogens with one attached hydrogen (secondary N) is 1. The molecule has 2 aromatic rings. The van der Waals surface area contributed by atoms with Crippen molar-refractivity contribution in [1.82, 2.24) is 15.2 Å². The van der Waals surface area contributed by atoms with Crippen molar-refractivity contribution in [3.05, 3.63) is 40.0 Å². The molecule has 0 saturated heterocycles. The minimum absolute atomic E-state index is 0.189. The molecule has 0 aliphatic rings. The molecule has 0 bridgehead atoms. The molecule has 3 N–H and O–H groups in total. The van der Waals surface area contributed by atoms with Crippen molar-refractivity contribution in [2.45, 2.75) is 19.5 Å². The monoisotopic (exact) mass is 328 g/mol. The Hall–Kier alpha value is -1.15. The highest BCUT2D eigenvalue weighted by Gasteiger charge is 2.22. The highest BCUT2D eigenvalue weighted by atomic mass is 79.9. The Bertz CT molecular complexity index is 538. The molecule has 6 nitrogen and oxygen atoms in total. The summed E-state index contributed by atoms with van der Waals surface area (Å²) in [6.07, 6.45) is 3.45. The van der Waals surface area contributed by atoms with Gasteiger partial charge in [0.2, 0.25) is 0 Å². The molecular formula is C12H17BrN4O2. The molecule has 0 saturated carbocycles. The lowest BCUT2D eigenvalue weighted by molar-refractivity contribution is 0.182. The summed E-state index contributed by atoms with van der Waals surface area (Å²) in [5.74, 6) is 6.53. The molecule has 1 atom stereocenters. The van der Waals surface area contributed by atoms with Gasteiger partial charge in [-0.05, 0) is 28.9 Å². The van der Waals surface area contributed by atoms with Gasteiger partial charge in [-0.25, -0.2) is 5.43 Å². The van der Waals surface area contributed by atoms with Crippen LogP contribution in [0.4, 0.5) is 0 Å². The summed E-state index contributed by atoms with van der Waals surface area (Å²) in [5.41, 5.74) is 4.70. The fourth-order valence-corrected chi connectivity index (χ4v) is 2.49. The van der Waals surface area contributed by atoms with Crippen molar-refractivity contribution < 1.29 is 9.15 Å². The van der Waals surface area contributed by atoms with Crippen molar-refractivity contribution in [1.29, 1.82) is 0 Å². The Morgan fingerprint density at radius 2 is 2.42 bits per heavy atom.